The first-order valence-electron chi connectivity index (χ1n) is 17.7. The highest BCUT2D eigenvalue weighted by molar-refractivity contribution is 7.85. The van der Waals surface area contributed by atoms with Gasteiger partial charge in [-0.1, -0.05) is 159 Å². The first-order chi connectivity index (χ1) is 24.9. The van der Waals surface area contributed by atoms with Gasteiger partial charge in [0.25, 0.3) is 0 Å². The molecule has 0 aromatic heterocycles. The van der Waals surface area contributed by atoms with Gasteiger partial charge in [-0.2, -0.15) is 0 Å². The van der Waals surface area contributed by atoms with Gasteiger partial charge >= 0.3 is 0 Å². The average molecular weight is 671 g/mol. The summed E-state index contributed by atoms with van der Waals surface area (Å²) in [5, 5.41) is 12.7. The summed E-state index contributed by atoms with van der Waals surface area (Å²) in [6.07, 6.45) is 0. The van der Waals surface area contributed by atoms with E-state index in [-0.39, 0.29) is 5.41 Å². The van der Waals surface area contributed by atoms with Crippen LogP contribution in [-0.4, -0.2) is 0 Å². The van der Waals surface area contributed by atoms with Gasteiger partial charge in [0.05, 0.1) is 0 Å². The molecule has 242 valence electrons. The standard InChI is InChI=1S/C49H35OP/c1-49(2)45-20-9-10-21-47(45)51(50,38-25-22-32-12-3-4-13-35(32)29-38)48-27-24-37(31-46(48)49)34-15-11-14-33(28-34)36-23-26-43-41-18-6-5-16-39(41)40-17-7-8-19-42(40)44(43)30-36/h3-31H,1-2H3. The van der Waals surface area contributed by atoms with E-state index in [1.54, 1.807) is 0 Å². The van der Waals surface area contributed by atoms with Crippen LogP contribution in [0.3, 0.4) is 0 Å². The van der Waals surface area contributed by atoms with Crippen molar-refractivity contribution in [2.45, 2.75) is 19.3 Å². The van der Waals surface area contributed by atoms with Crippen LogP contribution in [0, 0.1) is 0 Å². The van der Waals surface area contributed by atoms with Crippen LogP contribution in [0.2, 0.25) is 0 Å². The molecular weight excluding hydrogens is 636 g/mol. The molecule has 1 aliphatic heterocycles. The molecule has 1 unspecified atom stereocenters. The molecule has 9 aromatic carbocycles. The molecule has 0 N–H and O–H groups in total. The molecular formula is C49H35OP. The first-order valence-corrected chi connectivity index (χ1v) is 19.4. The van der Waals surface area contributed by atoms with Crippen LogP contribution in [0.4, 0.5) is 0 Å². The average Bonchev–Trinajstić information content (AvgIpc) is 3.19. The van der Waals surface area contributed by atoms with Crippen LogP contribution in [0.5, 0.6) is 0 Å². The van der Waals surface area contributed by atoms with Crippen LogP contribution in [-0.2, 0) is 9.98 Å². The van der Waals surface area contributed by atoms with E-state index in [1.807, 2.05) is 6.07 Å². The van der Waals surface area contributed by atoms with Gasteiger partial charge in [-0.05, 0) is 107 Å². The van der Waals surface area contributed by atoms with Crippen molar-refractivity contribution in [1.29, 1.82) is 0 Å². The minimum Gasteiger partial charge on any atom is -0.309 e. The minimum absolute atomic E-state index is 0.327. The lowest BCUT2D eigenvalue weighted by Gasteiger charge is -2.40. The number of benzene rings is 9. The van der Waals surface area contributed by atoms with Gasteiger partial charge in [0.1, 0.15) is 0 Å². The number of rotatable bonds is 3. The van der Waals surface area contributed by atoms with E-state index in [9.17, 15) is 0 Å². The largest absolute Gasteiger partial charge is 0.309 e. The first kappa shape index (κ1) is 30.1. The zero-order valence-electron chi connectivity index (χ0n) is 28.6. The summed E-state index contributed by atoms with van der Waals surface area (Å²) in [6, 6.07) is 62.9. The van der Waals surface area contributed by atoms with E-state index >= 15 is 4.57 Å². The van der Waals surface area contributed by atoms with Gasteiger partial charge in [-0.25, -0.2) is 0 Å². The summed E-state index contributed by atoms with van der Waals surface area (Å²) in [6.45, 7) is 4.55. The van der Waals surface area contributed by atoms with Crippen LogP contribution in [0.15, 0.2) is 176 Å². The van der Waals surface area contributed by atoms with Crippen LogP contribution in [0.1, 0.15) is 25.0 Å². The van der Waals surface area contributed by atoms with E-state index in [2.05, 4.69) is 184 Å². The summed E-state index contributed by atoms with van der Waals surface area (Å²) in [5.41, 5.74) is 6.58. The maximum absolute atomic E-state index is 15.8. The maximum atomic E-state index is 15.8. The van der Waals surface area contributed by atoms with Gasteiger partial charge in [0.2, 0.25) is 0 Å². The Morgan fingerprint density at radius 1 is 0.373 bits per heavy atom. The molecule has 1 aliphatic rings. The molecule has 0 aliphatic carbocycles. The molecule has 0 amide bonds. The second kappa shape index (κ2) is 11.1. The summed E-state index contributed by atoms with van der Waals surface area (Å²) in [7, 11) is -3.16. The second-order valence-electron chi connectivity index (χ2n) is 14.4. The fourth-order valence-electron chi connectivity index (χ4n) is 8.66. The van der Waals surface area contributed by atoms with Crippen molar-refractivity contribution in [2.24, 2.45) is 0 Å². The second-order valence-corrected chi connectivity index (χ2v) is 17.1. The van der Waals surface area contributed by atoms with Crippen molar-refractivity contribution in [2.75, 3.05) is 0 Å². The van der Waals surface area contributed by atoms with Crippen molar-refractivity contribution >= 4 is 66.1 Å². The number of hydrogen-bond donors (Lipinski definition) is 0. The van der Waals surface area contributed by atoms with E-state index in [0.29, 0.717) is 0 Å². The predicted octanol–water partition coefficient (Wildman–Crippen LogP) is 11.9. The van der Waals surface area contributed by atoms with Crippen LogP contribution < -0.4 is 15.9 Å². The highest BCUT2D eigenvalue weighted by atomic mass is 31.2. The molecule has 51 heavy (non-hydrogen) atoms. The fraction of sp³-hybridized carbons (Fsp3) is 0.0612. The van der Waals surface area contributed by atoms with E-state index in [0.717, 1.165) is 48.9 Å². The van der Waals surface area contributed by atoms with Crippen molar-refractivity contribution in [3.63, 3.8) is 0 Å². The molecule has 1 nitrogen and oxygen atoms in total. The van der Waals surface area contributed by atoms with Crippen molar-refractivity contribution in [3.8, 4) is 22.3 Å². The monoisotopic (exact) mass is 670 g/mol. The van der Waals surface area contributed by atoms with Gasteiger partial charge < -0.3 is 4.57 Å². The third kappa shape index (κ3) is 4.45. The quantitative estimate of drug-likeness (QED) is 0.135. The summed E-state index contributed by atoms with van der Waals surface area (Å²) >= 11 is 0. The molecule has 0 saturated heterocycles. The lowest BCUT2D eigenvalue weighted by Crippen LogP contribution is -2.42. The zero-order chi connectivity index (χ0) is 34.3. The molecule has 10 rings (SSSR count). The van der Waals surface area contributed by atoms with Gasteiger partial charge in [0, 0.05) is 21.3 Å². The molecule has 0 bridgehead atoms. The molecule has 0 spiro atoms. The Labute approximate surface area is 298 Å². The molecule has 0 radical (unpaired) electrons. The molecule has 0 saturated carbocycles. The molecule has 9 aromatic rings. The fourth-order valence-corrected chi connectivity index (χ4v) is 12.0. The van der Waals surface area contributed by atoms with Gasteiger partial charge in [-0.3, -0.25) is 0 Å². The molecule has 1 heterocycles. The Balaban J connectivity index is 1.13. The third-order valence-corrected chi connectivity index (χ3v) is 14.4. The molecule has 2 heteroatoms. The zero-order valence-corrected chi connectivity index (χ0v) is 29.5. The van der Waals surface area contributed by atoms with E-state index in [4.69, 9.17) is 0 Å². The summed E-state index contributed by atoms with van der Waals surface area (Å²) in [4.78, 5) is 0. The van der Waals surface area contributed by atoms with E-state index in [1.165, 1.54) is 43.4 Å². The van der Waals surface area contributed by atoms with E-state index < -0.39 is 7.14 Å². The van der Waals surface area contributed by atoms with Gasteiger partial charge in [-0.15, -0.1) is 0 Å². The topological polar surface area (TPSA) is 17.1 Å². The van der Waals surface area contributed by atoms with Crippen LogP contribution in [0.25, 0.3) is 65.3 Å². The smallest absolute Gasteiger partial charge is 0.171 e. The van der Waals surface area contributed by atoms with Crippen molar-refractivity contribution in [1.82, 2.24) is 0 Å². The lowest BCUT2D eigenvalue weighted by molar-refractivity contribution is 0.586. The minimum atomic E-state index is -3.16. The number of fused-ring (bicyclic) bond motifs is 9. The lowest BCUT2D eigenvalue weighted by atomic mass is 9.77. The normalized spacial score (nSPS) is 16.4. The predicted molar refractivity (Wildman–Crippen MR) is 219 cm³/mol. The Morgan fingerprint density at radius 3 is 1.63 bits per heavy atom. The van der Waals surface area contributed by atoms with Crippen LogP contribution >= 0.6 is 7.14 Å². The van der Waals surface area contributed by atoms with Gasteiger partial charge in [0.15, 0.2) is 7.14 Å². The highest BCUT2D eigenvalue weighted by Gasteiger charge is 2.44. The summed E-state index contributed by atoms with van der Waals surface area (Å²) in [5.74, 6) is 0. The van der Waals surface area contributed by atoms with Crippen molar-refractivity contribution in [3.05, 3.63) is 187 Å². The Hall–Kier alpha value is -5.75. The molecule has 1 atom stereocenters. The van der Waals surface area contributed by atoms with Crippen molar-refractivity contribution < 1.29 is 4.57 Å². The maximum Gasteiger partial charge on any atom is 0.171 e. The Morgan fingerprint density at radius 2 is 0.902 bits per heavy atom. The highest BCUT2D eigenvalue weighted by Crippen LogP contribution is 2.53. The number of hydrogen-bond acceptors (Lipinski definition) is 1. The molecule has 0 fully saturated rings. The Kier molecular flexibility index (Phi) is 6.57. The SMILES string of the molecule is CC1(C)c2ccccc2P(=O)(c2ccc3ccccc3c2)c2ccc(-c3cccc(-c4ccc5c6ccccc6c6ccccc6c5c4)c3)cc21. The Bertz CT molecular complexity index is 2900. The third-order valence-electron chi connectivity index (χ3n) is 11.3. The summed E-state index contributed by atoms with van der Waals surface area (Å²) < 4.78 is 15.8.